The fourth-order valence-electron chi connectivity index (χ4n) is 5.83. The molecule has 0 amide bonds. The average molecular weight is 550 g/mol. The normalized spacial score (nSPS) is 10.8. The van der Waals surface area contributed by atoms with Crippen molar-refractivity contribution in [3.63, 3.8) is 0 Å². The molecule has 0 heterocycles. The summed E-state index contributed by atoms with van der Waals surface area (Å²) in [6, 6.07) is 67.0. The molecule has 0 atom stereocenters. The van der Waals surface area contributed by atoms with Gasteiger partial charge >= 0.3 is 0 Å². The topological polar surface area (TPSA) is 3.24 Å². The summed E-state index contributed by atoms with van der Waals surface area (Å²) in [7, 11) is 0. The summed E-state index contributed by atoms with van der Waals surface area (Å²) in [4.78, 5) is 2.39. The van der Waals surface area contributed by atoms with Crippen LogP contribution in [0.15, 0.2) is 188 Å². The van der Waals surface area contributed by atoms with E-state index in [1.165, 1.54) is 44.5 Å². The minimum absolute atomic E-state index is 1.11. The lowest BCUT2D eigenvalue weighted by atomic mass is 9.94. The van der Waals surface area contributed by atoms with Gasteiger partial charge in [-0.15, -0.1) is 0 Å². The van der Waals surface area contributed by atoms with Crippen molar-refractivity contribution in [2.45, 2.75) is 0 Å². The zero-order valence-corrected chi connectivity index (χ0v) is 23.8. The van der Waals surface area contributed by atoms with Gasteiger partial charge in [0.2, 0.25) is 0 Å². The van der Waals surface area contributed by atoms with Crippen LogP contribution < -0.4 is 4.90 Å². The number of rotatable bonds is 7. The van der Waals surface area contributed by atoms with E-state index in [-0.39, 0.29) is 0 Å². The SMILES string of the molecule is c1ccc(-c2cccc(N(c3cccc(-c4ccccc4-c4ccccc4)c3)c3ccccc3-c3ccccc3)c2)cc1. The molecule has 0 spiro atoms. The molecular weight excluding hydrogens is 518 g/mol. The monoisotopic (exact) mass is 549 g/mol. The molecule has 1 nitrogen and oxygen atoms in total. The second kappa shape index (κ2) is 12.1. The van der Waals surface area contributed by atoms with Gasteiger partial charge in [-0.05, 0) is 69.3 Å². The predicted molar refractivity (Wildman–Crippen MR) is 183 cm³/mol. The Balaban J connectivity index is 1.42. The third-order valence-electron chi connectivity index (χ3n) is 7.87. The quantitative estimate of drug-likeness (QED) is 0.191. The molecule has 1 heteroatoms. The predicted octanol–water partition coefficient (Wildman–Crippen LogP) is 11.8. The Bertz CT molecular complexity index is 1960. The van der Waals surface area contributed by atoms with Gasteiger partial charge in [-0.1, -0.05) is 158 Å². The number of hydrogen-bond donors (Lipinski definition) is 0. The summed E-state index contributed by atoms with van der Waals surface area (Å²) in [5, 5.41) is 0. The molecule has 0 N–H and O–H groups in total. The molecule has 0 saturated carbocycles. The zero-order chi connectivity index (χ0) is 28.8. The summed E-state index contributed by atoms with van der Waals surface area (Å²) in [5.74, 6) is 0. The van der Waals surface area contributed by atoms with Gasteiger partial charge in [0.05, 0.1) is 5.69 Å². The fraction of sp³-hybridized carbons (Fsp3) is 0. The molecule has 0 radical (unpaired) electrons. The highest BCUT2D eigenvalue weighted by Crippen LogP contribution is 2.43. The van der Waals surface area contributed by atoms with Crippen LogP contribution in [0.1, 0.15) is 0 Å². The van der Waals surface area contributed by atoms with Crippen molar-refractivity contribution in [1.82, 2.24) is 0 Å². The Labute approximate surface area is 254 Å². The largest absolute Gasteiger partial charge is 0.310 e. The summed E-state index contributed by atoms with van der Waals surface area (Å²) < 4.78 is 0. The van der Waals surface area contributed by atoms with Crippen molar-refractivity contribution < 1.29 is 0 Å². The second-order valence-electron chi connectivity index (χ2n) is 10.6. The number of anilines is 3. The smallest absolute Gasteiger partial charge is 0.0540 e. The van der Waals surface area contributed by atoms with E-state index in [4.69, 9.17) is 0 Å². The fourth-order valence-corrected chi connectivity index (χ4v) is 5.83. The van der Waals surface area contributed by atoms with Crippen LogP contribution in [0.25, 0.3) is 44.5 Å². The van der Waals surface area contributed by atoms with Gasteiger partial charge in [-0.2, -0.15) is 0 Å². The molecule has 0 aliphatic heterocycles. The molecule has 0 fully saturated rings. The maximum Gasteiger partial charge on any atom is 0.0540 e. The molecule has 7 rings (SSSR count). The van der Waals surface area contributed by atoms with E-state index in [0.29, 0.717) is 0 Å². The molecule has 0 aliphatic carbocycles. The molecule has 0 unspecified atom stereocenters. The van der Waals surface area contributed by atoms with Gasteiger partial charge in [-0.25, -0.2) is 0 Å². The molecule has 43 heavy (non-hydrogen) atoms. The number of hydrogen-bond acceptors (Lipinski definition) is 1. The molecule has 7 aromatic rings. The lowest BCUT2D eigenvalue weighted by Crippen LogP contribution is -2.11. The van der Waals surface area contributed by atoms with Gasteiger partial charge in [-0.3, -0.25) is 0 Å². The van der Waals surface area contributed by atoms with E-state index in [1.54, 1.807) is 0 Å². The zero-order valence-electron chi connectivity index (χ0n) is 23.8. The van der Waals surface area contributed by atoms with Gasteiger partial charge in [0, 0.05) is 16.9 Å². The highest BCUT2D eigenvalue weighted by atomic mass is 15.1. The number of nitrogens with zero attached hydrogens (tertiary/aromatic N) is 1. The molecule has 0 bridgehead atoms. The van der Waals surface area contributed by atoms with Crippen LogP contribution in [0.3, 0.4) is 0 Å². The van der Waals surface area contributed by atoms with Crippen molar-refractivity contribution in [2.75, 3.05) is 4.90 Å². The summed E-state index contributed by atoms with van der Waals surface area (Å²) >= 11 is 0. The van der Waals surface area contributed by atoms with E-state index in [9.17, 15) is 0 Å². The lowest BCUT2D eigenvalue weighted by molar-refractivity contribution is 1.28. The Hall–Kier alpha value is -5.66. The van der Waals surface area contributed by atoms with Crippen molar-refractivity contribution >= 4 is 17.1 Å². The number of benzene rings is 7. The van der Waals surface area contributed by atoms with Crippen molar-refractivity contribution in [2.24, 2.45) is 0 Å². The molecule has 0 aromatic heterocycles. The van der Waals surface area contributed by atoms with Crippen LogP contribution in [0.2, 0.25) is 0 Å². The average Bonchev–Trinajstić information content (AvgIpc) is 3.10. The molecule has 0 saturated heterocycles. The first-order valence-electron chi connectivity index (χ1n) is 14.7. The molecule has 0 aliphatic rings. The Morgan fingerprint density at radius 2 is 0.651 bits per heavy atom. The van der Waals surface area contributed by atoms with Crippen LogP contribution in [-0.2, 0) is 0 Å². The van der Waals surface area contributed by atoms with E-state index >= 15 is 0 Å². The van der Waals surface area contributed by atoms with Gasteiger partial charge in [0.15, 0.2) is 0 Å². The first-order chi connectivity index (χ1) is 21.3. The van der Waals surface area contributed by atoms with E-state index in [0.717, 1.165) is 17.1 Å². The second-order valence-corrected chi connectivity index (χ2v) is 10.6. The number of para-hydroxylation sites is 1. The van der Waals surface area contributed by atoms with Crippen molar-refractivity contribution in [3.8, 4) is 44.5 Å². The standard InChI is InChI=1S/C42H31N/c1-4-16-32(17-5-1)35-22-14-24-37(30-35)43(42-29-13-12-28-41(42)34-20-8-3-9-21-34)38-25-15-23-36(31-38)40-27-11-10-26-39(40)33-18-6-2-7-19-33/h1-31H. The first kappa shape index (κ1) is 26.3. The van der Waals surface area contributed by atoms with Crippen LogP contribution in [0, 0.1) is 0 Å². The van der Waals surface area contributed by atoms with Gasteiger partial charge < -0.3 is 4.90 Å². The first-order valence-corrected chi connectivity index (χ1v) is 14.7. The van der Waals surface area contributed by atoms with Crippen LogP contribution >= 0.6 is 0 Å². The van der Waals surface area contributed by atoms with Crippen molar-refractivity contribution in [3.05, 3.63) is 188 Å². The van der Waals surface area contributed by atoms with E-state index < -0.39 is 0 Å². The Kier molecular flexibility index (Phi) is 7.36. The van der Waals surface area contributed by atoms with Crippen LogP contribution in [0.5, 0.6) is 0 Å². The third kappa shape index (κ3) is 5.49. The molecule has 7 aromatic carbocycles. The van der Waals surface area contributed by atoms with Crippen molar-refractivity contribution in [1.29, 1.82) is 0 Å². The van der Waals surface area contributed by atoms with Gasteiger partial charge in [0.25, 0.3) is 0 Å². The maximum atomic E-state index is 2.39. The highest BCUT2D eigenvalue weighted by Gasteiger charge is 2.18. The highest BCUT2D eigenvalue weighted by molar-refractivity contribution is 5.91. The summed E-state index contributed by atoms with van der Waals surface area (Å²) in [6.07, 6.45) is 0. The van der Waals surface area contributed by atoms with E-state index in [2.05, 4.69) is 193 Å². The van der Waals surface area contributed by atoms with Crippen LogP contribution in [-0.4, -0.2) is 0 Å². The summed E-state index contributed by atoms with van der Waals surface area (Å²) in [5.41, 5.74) is 12.9. The third-order valence-corrected chi connectivity index (χ3v) is 7.87. The Morgan fingerprint density at radius 1 is 0.256 bits per heavy atom. The minimum Gasteiger partial charge on any atom is -0.310 e. The van der Waals surface area contributed by atoms with Gasteiger partial charge in [0.1, 0.15) is 0 Å². The maximum absolute atomic E-state index is 2.39. The van der Waals surface area contributed by atoms with Crippen LogP contribution in [0.4, 0.5) is 17.1 Å². The Morgan fingerprint density at radius 3 is 1.26 bits per heavy atom. The van der Waals surface area contributed by atoms with E-state index in [1.807, 2.05) is 0 Å². The minimum atomic E-state index is 1.11. The summed E-state index contributed by atoms with van der Waals surface area (Å²) in [6.45, 7) is 0. The lowest BCUT2D eigenvalue weighted by Gasteiger charge is -2.29. The molecule has 204 valence electrons. The molecular formula is C42H31N.